The number of benzene rings is 1. The molecule has 1 fully saturated rings. The molecule has 1 aliphatic rings. The van der Waals surface area contributed by atoms with E-state index in [4.69, 9.17) is 9.26 Å². The number of nitrogens with zero attached hydrogens (tertiary/aromatic N) is 4. The fourth-order valence-electron chi connectivity index (χ4n) is 2.94. The minimum absolute atomic E-state index is 0.0368. The molecule has 8 heteroatoms. The van der Waals surface area contributed by atoms with Gasteiger partial charge in [-0.3, -0.25) is 9.36 Å². The first-order valence-electron chi connectivity index (χ1n) is 8.24. The predicted octanol–water partition coefficient (Wildman–Crippen LogP) is 2.56. The van der Waals surface area contributed by atoms with Crippen LogP contribution in [-0.2, 0) is 17.0 Å². The van der Waals surface area contributed by atoms with Gasteiger partial charge in [-0.15, -0.1) is 0 Å². The molecule has 4 rings (SSSR count). The fourth-order valence-corrected chi connectivity index (χ4v) is 3.78. The summed E-state index contributed by atoms with van der Waals surface area (Å²) in [5, 5.41) is 5.07. The Morgan fingerprint density at radius 2 is 2.20 bits per heavy atom. The summed E-state index contributed by atoms with van der Waals surface area (Å²) in [5.41, 5.74) is 0.658. The third-order valence-electron chi connectivity index (χ3n) is 4.13. The summed E-state index contributed by atoms with van der Waals surface area (Å²) in [7, 11) is 0. The smallest absolute Gasteiger partial charge is 0.262 e. The summed E-state index contributed by atoms with van der Waals surface area (Å²) in [5.74, 6) is 1.59. The van der Waals surface area contributed by atoms with Gasteiger partial charge in [-0.25, -0.2) is 4.98 Å². The highest BCUT2D eigenvalue weighted by molar-refractivity contribution is 7.98. The van der Waals surface area contributed by atoms with Crippen molar-refractivity contribution in [2.24, 2.45) is 0 Å². The van der Waals surface area contributed by atoms with Gasteiger partial charge in [0.1, 0.15) is 0 Å². The fraction of sp³-hybridized carbons (Fsp3) is 0.412. The molecule has 0 amide bonds. The van der Waals surface area contributed by atoms with Crippen LogP contribution in [0.15, 0.2) is 38.7 Å². The molecule has 1 aliphatic heterocycles. The second kappa shape index (κ2) is 6.97. The van der Waals surface area contributed by atoms with Crippen LogP contribution in [-0.4, -0.2) is 32.4 Å². The summed E-state index contributed by atoms with van der Waals surface area (Å²) in [6, 6.07) is 7.41. The second-order valence-corrected chi connectivity index (χ2v) is 6.93. The van der Waals surface area contributed by atoms with E-state index in [1.807, 2.05) is 24.3 Å². The van der Waals surface area contributed by atoms with Crippen LogP contribution < -0.4 is 5.56 Å². The van der Waals surface area contributed by atoms with E-state index < -0.39 is 0 Å². The molecule has 0 aliphatic carbocycles. The molecule has 3 aromatic rings. The predicted molar refractivity (Wildman–Crippen MR) is 93.6 cm³/mol. The molecule has 1 atom stereocenters. The van der Waals surface area contributed by atoms with E-state index in [1.165, 1.54) is 11.8 Å². The number of para-hydroxylation sites is 1. The van der Waals surface area contributed by atoms with Gasteiger partial charge in [0.2, 0.25) is 5.89 Å². The Bertz CT molecular complexity index is 946. The standard InChI is InChI=1S/C17H18N4O3S/c1-11-18-15(24-20-11)10-25-17-19-14-7-3-2-6-13(14)16(22)21(17)9-12-5-4-8-23-12/h2-3,6-7,12H,4-5,8-10H2,1H3. The molecule has 0 spiro atoms. The van der Waals surface area contributed by atoms with Crippen molar-refractivity contribution < 1.29 is 9.26 Å². The molecule has 0 bridgehead atoms. The normalized spacial score (nSPS) is 17.4. The minimum atomic E-state index is -0.0368. The average Bonchev–Trinajstić information content (AvgIpc) is 3.27. The summed E-state index contributed by atoms with van der Waals surface area (Å²) >= 11 is 1.43. The zero-order valence-electron chi connectivity index (χ0n) is 13.8. The SMILES string of the molecule is Cc1noc(CSc2nc3ccccc3c(=O)n2CC2CCCO2)n1. The highest BCUT2D eigenvalue weighted by atomic mass is 32.2. The lowest BCUT2D eigenvalue weighted by atomic mass is 10.2. The molecule has 25 heavy (non-hydrogen) atoms. The van der Waals surface area contributed by atoms with Gasteiger partial charge in [0, 0.05) is 6.61 Å². The van der Waals surface area contributed by atoms with Crippen molar-refractivity contribution in [2.45, 2.75) is 43.3 Å². The lowest BCUT2D eigenvalue weighted by molar-refractivity contribution is 0.0937. The second-order valence-electron chi connectivity index (χ2n) is 5.99. The Labute approximate surface area is 148 Å². The van der Waals surface area contributed by atoms with E-state index in [0.29, 0.717) is 40.1 Å². The van der Waals surface area contributed by atoms with Gasteiger partial charge in [-0.2, -0.15) is 4.98 Å². The summed E-state index contributed by atoms with van der Waals surface area (Å²) in [6.07, 6.45) is 2.06. The van der Waals surface area contributed by atoms with E-state index in [-0.39, 0.29) is 11.7 Å². The maximum absolute atomic E-state index is 13.0. The largest absolute Gasteiger partial charge is 0.376 e. The van der Waals surface area contributed by atoms with Crippen LogP contribution in [0.4, 0.5) is 0 Å². The molecule has 2 aromatic heterocycles. The first kappa shape index (κ1) is 16.3. The van der Waals surface area contributed by atoms with Crippen LogP contribution in [0.25, 0.3) is 10.9 Å². The van der Waals surface area contributed by atoms with Crippen LogP contribution in [0, 0.1) is 6.92 Å². The monoisotopic (exact) mass is 358 g/mol. The number of ether oxygens (including phenoxy) is 1. The molecule has 1 saturated heterocycles. The Morgan fingerprint density at radius 3 is 2.96 bits per heavy atom. The van der Waals surface area contributed by atoms with E-state index in [1.54, 1.807) is 11.5 Å². The van der Waals surface area contributed by atoms with Crippen molar-refractivity contribution in [1.29, 1.82) is 0 Å². The molecule has 1 unspecified atom stereocenters. The van der Waals surface area contributed by atoms with Crippen molar-refractivity contribution in [1.82, 2.24) is 19.7 Å². The van der Waals surface area contributed by atoms with Crippen LogP contribution in [0.3, 0.4) is 0 Å². The van der Waals surface area contributed by atoms with E-state index in [9.17, 15) is 4.79 Å². The molecule has 0 saturated carbocycles. The minimum Gasteiger partial charge on any atom is -0.376 e. The van der Waals surface area contributed by atoms with Crippen molar-refractivity contribution >= 4 is 22.7 Å². The van der Waals surface area contributed by atoms with Crippen molar-refractivity contribution in [3.63, 3.8) is 0 Å². The number of aromatic nitrogens is 4. The maximum atomic E-state index is 13.0. The zero-order valence-corrected chi connectivity index (χ0v) is 14.7. The van der Waals surface area contributed by atoms with Crippen molar-refractivity contribution in [3.8, 4) is 0 Å². The molecular formula is C17H18N4O3S. The highest BCUT2D eigenvalue weighted by Gasteiger charge is 2.20. The van der Waals surface area contributed by atoms with E-state index in [0.717, 1.165) is 19.4 Å². The van der Waals surface area contributed by atoms with Crippen molar-refractivity contribution in [3.05, 3.63) is 46.3 Å². The van der Waals surface area contributed by atoms with Gasteiger partial charge in [0.05, 0.1) is 29.3 Å². The van der Waals surface area contributed by atoms with Crippen LogP contribution in [0.1, 0.15) is 24.6 Å². The molecule has 3 heterocycles. The van der Waals surface area contributed by atoms with E-state index in [2.05, 4.69) is 15.1 Å². The molecule has 7 nitrogen and oxygen atoms in total. The molecular weight excluding hydrogens is 340 g/mol. The Balaban J connectivity index is 1.70. The number of aryl methyl sites for hydroxylation is 1. The number of hydrogen-bond donors (Lipinski definition) is 0. The van der Waals surface area contributed by atoms with Gasteiger partial charge in [-0.05, 0) is 31.9 Å². The van der Waals surface area contributed by atoms with Gasteiger partial charge in [0.25, 0.3) is 5.56 Å². The number of thioether (sulfide) groups is 1. The summed E-state index contributed by atoms with van der Waals surface area (Å²) in [4.78, 5) is 21.8. The Kier molecular flexibility index (Phi) is 4.54. The van der Waals surface area contributed by atoms with E-state index >= 15 is 0 Å². The lowest BCUT2D eigenvalue weighted by Crippen LogP contribution is -2.28. The number of fused-ring (bicyclic) bond motifs is 1. The van der Waals surface area contributed by atoms with Gasteiger partial charge in [-0.1, -0.05) is 29.1 Å². The lowest BCUT2D eigenvalue weighted by Gasteiger charge is -2.16. The first-order chi connectivity index (χ1) is 12.2. The molecule has 0 radical (unpaired) electrons. The van der Waals surface area contributed by atoms with Crippen LogP contribution in [0.2, 0.25) is 0 Å². The third kappa shape index (κ3) is 3.45. The molecule has 130 valence electrons. The van der Waals surface area contributed by atoms with Crippen LogP contribution >= 0.6 is 11.8 Å². The Morgan fingerprint density at radius 1 is 1.32 bits per heavy atom. The number of hydrogen-bond acceptors (Lipinski definition) is 7. The molecule has 1 aromatic carbocycles. The first-order valence-corrected chi connectivity index (χ1v) is 9.22. The third-order valence-corrected chi connectivity index (χ3v) is 5.09. The quantitative estimate of drug-likeness (QED) is 0.512. The topological polar surface area (TPSA) is 83.0 Å². The van der Waals surface area contributed by atoms with Gasteiger partial charge in [0.15, 0.2) is 11.0 Å². The van der Waals surface area contributed by atoms with Crippen molar-refractivity contribution in [2.75, 3.05) is 6.61 Å². The van der Waals surface area contributed by atoms with Crippen LogP contribution in [0.5, 0.6) is 0 Å². The summed E-state index contributed by atoms with van der Waals surface area (Å²) < 4.78 is 12.6. The highest BCUT2D eigenvalue weighted by Crippen LogP contribution is 2.23. The molecule has 0 N–H and O–H groups in total. The number of rotatable bonds is 5. The average molecular weight is 358 g/mol. The van der Waals surface area contributed by atoms with Gasteiger partial charge >= 0.3 is 0 Å². The Hall–Kier alpha value is -2.19. The maximum Gasteiger partial charge on any atom is 0.262 e. The van der Waals surface area contributed by atoms with Gasteiger partial charge < -0.3 is 9.26 Å². The zero-order chi connectivity index (χ0) is 17.2. The summed E-state index contributed by atoms with van der Waals surface area (Å²) in [6.45, 7) is 3.05.